The van der Waals surface area contributed by atoms with E-state index >= 15 is 0 Å². The topological polar surface area (TPSA) is 43.6 Å². The van der Waals surface area contributed by atoms with Crippen LogP contribution in [0.2, 0.25) is 0 Å². The van der Waals surface area contributed by atoms with Gasteiger partial charge in [-0.25, -0.2) is 0 Å². The molecule has 3 unspecified atom stereocenters. The maximum absolute atomic E-state index is 6.08. The summed E-state index contributed by atoms with van der Waals surface area (Å²) in [5.41, 5.74) is 0. The van der Waals surface area contributed by atoms with Crippen molar-refractivity contribution in [2.45, 2.75) is 64.6 Å². The third kappa shape index (κ3) is 4.97. The van der Waals surface area contributed by atoms with Crippen molar-refractivity contribution in [3.05, 3.63) is 24.2 Å². The predicted molar refractivity (Wildman–Crippen MR) is 74.0 cm³/mol. The highest BCUT2D eigenvalue weighted by Crippen LogP contribution is 2.22. The van der Waals surface area contributed by atoms with Gasteiger partial charge < -0.3 is 19.2 Å². The first-order valence-electron chi connectivity index (χ1n) is 7.17. The molecule has 1 fully saturated rings. The fraction of sp³-hybridized carbons (Fsp3) is 0.733. The highest BCUT2D eigenvalue weighted by Gasteiger charge is 2.26. The Hall–Kier alpha value is -0.840. The van der Waals surface area contributed by atoms with Gasteiger partial charge in [0.05, 0.1) is 37.2 Å². The molecule has 1 aliphatic rings. The molecule has 0 aliphatic carbocycles. The first-order valence-corrected chi connectivity index (χ1v) is 7.17. The van der Waals surface area contributed by atoms with Gasteiger partial charge in [0.1, 0.15) is 5.76 Å². The van der Waals surface area contributed by atoms with Gasteiger partial charge in [-0.1, -0.05) is 0 Å². The standard InChI is InChI=1S/C15H25NO3/c1-11-7-15(8-12(2)18-11)19-13(3)9-16-10-14-5-4-6-17-14/h4-6,11-13,15-16H,7-10H2,1-3H3. The molecule has 0 saturated carbocycles. The molecule has 108 valence electrons. The first kappa shape index (κ1) is 14.6. The average Bonchev–Trinajstić information content (AvgIpc) is 2.80. The Morgan fingerprint density at radius 1 is 1.37 bits per heavy atom. The molecule has 0 amide bonds. The SMILES string of the molecule is CC1CC(OC(C)CNCc2ccco2)CC(C)O1. The van der Waals surface area contributed by atoms with Crippen LogP contribution < -0.4 is 5.32 Å². The van der Waals surface area contributed by atoms with E-state index in [-0.39, 0.29) is 6.10 Å². The Morgan fingerprint density at radius 2 is 2.11 bits per heavy atom. The number of rotatable bonds is 6. The van der Waals surface area contributed by atoms with Crippen LogP contribution in [0.1, 0.15) is 39.4 Å². The largest absolute Gasteiger partial charge is 0.468 e. The van der Waals surface area contributed by atoms with Gasteiger partial charge in [-0.2, -0.15) is 0 Å². The molecule has 0 bridgehead atoms. The van der Waals surface area contributed by atoms with Gasteiger partial charge in [-0.05, 0) is 45.7 Å². The summed E-state index contributed by atoms with van der Waals surface area (Å²) < 4.78 is 17.1. The second-order valence-electron chi connectivity index (χ2n) is 5.51. The zero-order valence-electron chi connectivity index (χ0n) is 12.1. The quantitative estimate of drug-likeness (QED) is 0.860. The van der Waals surface area contributed by atoms with Crippen LogP contribution in [0.15, 0.2) is 22.8 Å². The van der Waals surface area contributed by atoms with Crippen molar-refractivity contribution in [1.29, 1.82) is 0 Å². The minimum absolute atomic E-state index is 0.206. The van der Waals surface area contributed by atoms with E-state index in [1.807, 2.05) is 12.1 Å². The van der Waals surface area contributed by atoms with Crippen molar-refractivity contribution < 1.29 is 13.9 Å². The van der Waals surface area contributed by atoms with E-state index in [2.05, 4.69) is 26.1 Å². The number of ether oxygens (including phenoxy) is 2. The van der Waals surface area contributed by atoms with Crippen molar-refractivity contribution in [1.82, 2.24) is 5.32 Å². The maximum atomic E-state index is 6.08. The summed E-state index contributed by atoms with van der Waals surface area (Å²) in [5, 5.41) is 3.35. The number of furan rings is 1. The van der Waals surface area contributed by atoms with Gasteiger partial charge in [0.25, 0.3) is 0 Å². The van der Waals surface area contributed by atoms with E-state index in [1.54, 1.807) is 6.26 Å². The lowest BCUT2D eigenvalue weighted by atomic mass is 10.0. The van der Waals surface area contributed by atoms with E-state index in [1.165, 1.54) is 0 Å². The monoisotopic (exact) mass is 267 g/mol. The fourth-order valence-electron chi connectivity index (χ4n) is 2.64. The lowest BCUT2D eigenvalue weighted by Crippen LogP contribution is -2.38. The molecule has 1 aliphatic heterocycles. The van der Waals surface area contributed by atoms with Crippen molar-refractivity contribution in [3.8, 4) is 0 Å². The summed E-state index contributed by atoms with van der Waals surface area (Å²) in [6.45, 7) is 7.93. The smallest absolute Gasteiger partial charge is 0.117 e. The van der Waals surface area contributed by atoms with Crippen LogP contribution in [0.5, 0.6) is 0 Å². The molecular weight excluding hydrogens is 242 g/mol. The van der Waals surface area contributed by atoms with Gasteiger partial charge in [-0.3, -0.25) is 0 Å². The van der Waals surface area contributed by atoms with Crippen molar-refractivity contribution >= 4 is 0 Å². The molecule has 0 aromatic carbocycles. The molecule has 19 heavy (non-hydrogen) atoms. The Labute approximate surface area is 115 Å². The number of hydrogen-bond donors (Lipinski definition) is 1. The van der Waals surface area contributed by atoms with Crippen LogP contribution >= 0.6 is 0 Å². The lowest BCUT2D eigenvalue weighted by Gasteiger charge is -2.33. The van der Waals surface area contributed by atoms with E-state index < -0.39 is 0 Å². The average molecular weight is 267 g/mol. The van der Waals surface area contributed by atoms with E-state index in [0.29, 0.717) is 18.3 Å². The van der Waals surface area contributed by atoms with Gasteiger partial charge >= 0.3 is 0 Å². The van der Waals surface area contributed by atoms with Crippen molar-refractivity contribution in [3.63, 3.8) is 0 Å². The van der Waals surface area contributed by atoms with Crippen molar-refractivity contribution in [2.24, 2.45) is 0 Å². The summed E-state index contributed by atoms with van der Waals surface area (Å²) in [4.78, 5) is 0. The molecule has 0 spiro atoms. The van der Waals surface area contributed by atoms with Crippen LogP contribution in [-0.2, 0) is 16.0 Å². The lowest BCUT2D eigenvalue weighted by molar-refractivity contribution is -0.117. The molecule has 1 aromatic rings. The Kier molecular flexibility index (Phi) is 5.43. The summed E-state index contributed by atoms with van der Waals surface area (Å²) in [5.74, 6) is 0.959. The second-order valence-corrected chi connectivity index (χ2v) is 5.51. The van der Waals surface area contributed by atoms with Crippen LogP contribution in [-0.4, -0.2) is 31.0 Å². The molecule has 2 rings (SSSR count). The molecule has 3 atom stereocenters. The van der Waals surface area contributed by atoms with E-state index in [9.17, 15) is 0 Å². The fourth-order valence-corrected chi connectivity index (χ4v) is 2.64. The molecule has 2 heterocycles. The van der Waals surface area contributed by atoms with Crippen LogP contribution in [0.4, 0.5) is 0 Å². The van der Waals surface area contributed by atoms with Gasteiger partial charge in [0.15, 0.2) is 0 Å². The minimum Gasteiger partial charge on any atom is -0.468 e. The Balaban J connectivity index is 1.64. The summed E-state index contributed by atoms with van der Waals surface area (Å²) in [6, 6.07) is 3.88. The van der Waals surface area contributed by atoms with Gasteiger partial charge in [0.2, 0.25) is 0 Å². The number of hydrogen-bond acceptors (Lipinski definition) is 4. The third-order valence-corrected chi connectivity index (χ3v) is 3.39. The highest BCUT2D eigenvalue weighted by atomic mass is 16.5. The summed E-state index contributed by atoms with van der Waals surface area (Å²) in [6.07, 6.45) is 4.81. The zero-order chi connectivity index (χ0) is 13.7. The first-order chi connectivity index (χ1) is 9.13. The number of nitrogens with one attached hydrogen (secondary N) is 1. The normalized spacial score (nSPS) is 29.3. The Morgan fingerprint density at radius 3 is 2.74 bits per heavy atom. The van der Waals surface area contributed by atoms with E-state index in [4.69, 9.17) is 13.9 Å². The van der Waals surface area contributed by atoms with Crippen LogP contribution in [0, 0.1) is 0 Å². The van der Waals surface area contributed by atoms with Crippen LogP contribution in [0.3, 0.4) is 0 Å². The minimum atomic E-state index is 0.206. The van der Waals surface area contributed by atoms with Crippen molar-refractivity contribution in [2.75, 3.05) is 6.54 Å². The Bertz CT molecular complexity index is 342. The zero-order valence-corrected chi connectivity index (χ0v) is 12.1. The van der Waals surface area contributed by atoms with Crippen LogP contribution in [0.25, 0.3) is 0 Å². The molecule has 4 heteroatoms. The highest BCUT2D eigenvalue weighted by molar-refractivity contribution is 4.97. The molecule has 4 nitrogen and oxygen atoms in total. The molecule has 1 saturated heterocycles. The summed E-state index contributed by atoms with van der Waals surface area (Å²) in [7, 11) is 0. The second kappa shape index (κ2) is 7.08. The summed E-state index contributed by atoms with van der Waals surface area (Å²) >= 11 is 0. The molecule has 1 N–H and O–H groups in total. The molecular formula is C15H25NO3. The van der Waals surface area contributed by atoms with E-state index in [0.717, 1.165) is 31.7 Å². The third-order valence-electron chi connectivity index (χ3n) is 3.39. The van der Waals surface area contributed by atoms with Gasteiger partial charge in [-0.15, -0.1) is 0 Å². The molecule has 0 radical (unpaired) electrons. The molecule has 1 aromatic heterocycles. The predicted octanol–water partition coefficient (Wildman–Crippen LogP) is 2.73. The maximum Gasteiger partial charge on any atom is 0.117 e. The van der Waals surface area contributed by atoms with Gasteiger partial charge in [0, 0.05) is 6.54 Å².